The number of fused-ring (bicyclic) bond motifs is 1. The minimum Gasteiger partial charge on any atom is -0.396 e. The highest BCUT2D eigenvalue weighted by atomic mass is 35.5. The number of halogens is 1. The van der Waals surface area contributed by atoms with Crippen LogP contribution in [0.1, 0.15) is 18.7 Å². The molecule has 1 aromatic heterocycles. The van der Waals surface area contributed by atoms with E-state index < -0.39 is 0 Å². The number of hydrogen-bond donors (Lipinski definition) is 2. The second-order valence-electron chi connectivity index (χ2n) is 4.22. The van der Waals surface area contributed by atoms with Gasteiger partial charge in [-0.2, -0.15) is 0 Å². The molecule has 0 spiro atoms. The molecule has 1 aromatic carbocycles. The Bertz CT molecular complexity index is 525. The van der Waals surface area contributed by atoms with Crippen molar-refractivity contribution in [3.8, 4) is 0 Å². The molecule has 0 aliphatic heterocycles. The van der Waals surface area contributed by atoms with Gasteiger partial charge in [0.1, 0.15) is 5.82 Å². The van der Waals surface area contributed by atoms with Crippen LogP contribution in [-0.4, -0.2) is 33.0 Å². The van der Waals surface area contributed by atoms with E-state index in [1.807, 2.05) is 18.2 Å². The molecule has 0 saturated carbocycles. The number of aromatic nitrogens is 2. The lowest BCUT2D eigenvalue weighted by Gasteiger charge is -2.07. The third-order valence-corrected chi connectivity index (χ3v) is 3.12. The van der Waals surface area contributed by atoms with Gasteiger partial charge in [-0.3, -0.25) is 0 Å². The summed E-state index contributed by atoms with van der Waals surface area (Å²) in [6.45, 7) is 1.03. The zero-order chi connectivity index (χ0) is 13.0. The number of imidazole rings is 1. The molecular formula is C13H17ClN2O2. The van der Waals surface area contributed by atoms with E-state index >= 15 is 0 Å². The predicted molar refractivity (Wildman–Crippen MR) is 71.9 cm³/mol. The fourth-order valence-electron chi connectivity index (χ4n) is 2.05. The number of aliphatic hydroxyl groups is 2. The molecule has 5 heteroatoms. The largest absolute Gasteiger partial charge is 0.396 e. The maximum Gasteiger partial charge on any atom is 0.109 e. The van der Waals surface area contributed by atoms with Crippen LogP contribution >= 0.6 is 11.6 Å². The quantitative estimate of drug-likeness (QED) is 0.842. The third kappa shape index (κ3) is 2.83. The van der Waals surface area contributed by atoms with Crippen LogP contribution in [0.5, 0.6) is 0 Å². The maximum absolute atomic E-state index is 8.96. The zero-order valence-electron chi connectivity index (χ0n) is 10.1. The van der Waals surface area contributed by atoms with E-state index in [4.69, 9.17) is 21.8 Å². The molecule has 2 rings (SSSR count). The number of aliphatic hydroxyl groups excluding tert-OH is 2. The second-order valence-corrected chi connectivity index (χ2v) is 4.65. The maximum atomic E-state index is 8.96. The molecule has 2 aromatic rings. The molecule has 0 aliphatic rings. The van der Waals surface area contributed by atoms with Gasteiger partial charge in [0.15, 0.2) is 0 Å². The normalized spacial score (nSPS) is 11.3. The van der Waals surface area contributed by atoms with Crippen LogP contribution in [0.15, 0.2) is 18.2 Å². The molecule has 0 amide bonds. The van der Waals surface area contributed by atoms with Gasteiger partial charge in [0, 0.05) is 31.2 Å². The topological polar surface area (TPSA) is 58.3 Å². The van der Waals surface area contributed by atoms with E-state index in [0.717, 1.165) is 23.3 Å². The number of hydrogen-bond acceptors (Lipinski definition) is 3. The lowest BCUT2D eigenvalue weighted by Crippen LogP contribution is -2.06. The molecule has 0 unspecified atom stereocenters. The Labute approximate surface area is 111 Å². The van der Waals surface area contributed by atoms with Gasteiger partial charge in [-0.1, -0.05) is 11.6 Å². The Kier molecular flexibility index (Phi) is 4.58. The van der Waals surface area contributed by atoms with Crippen LogP contribution in [0.3, 0.4) is 0 Å². The first kappa shape index (κ1) is 13.3. The smallest absolute Gasteiger partial charge is 0.109 e. The lowest BCUT2D eigenvalue weighted by molar-refractivity contribution is 0.277. The second kappa shape index (κ2) is 6.18. The standard InChI is InChI=1S/C13H17ClN2O2/c14-10-4-5-11-12(9-10)16(6-2-8-18)13(15-11)3-1-7-17/h4-5,9,17-18H,1-3,6-8H2. The van der Waals surface area contributed by atoms with E-state index in [9.17, 15) is 0 Å². The third-order valence-electron chi connectivity index (χ3n) is 2.89. The summed E-state index contributed by atoms with van der Waals surface area (Å²) in [5.41, 5.74) is 1.90. The van der Waals surface area contributed by atoms with Gasteiger partial charge in [0.25, 0.3) is 0 Å². The van der Waals surface area contributed by atoms with Crippen molar-refractivity contribution in [2.45, 2.75) is 25.8 Å². The summed E-state index contributed by atoms with van der Waals surface area (Å²) in [5.74, 6) is 0.940. The molecule has 0 atom stereocenters. The van der Waals surface area contributed by atoms with Crippen LogP contribution in [0.25, 0.3) is 11.0 Å². The van der Waals surface area contributed by atoms with Gasteiger partial charge in [-0.25, -0.2) is 4.98 Å². The fraction of sp³-hybridized carbons (Fsp3) is 0.462. The molecule has 0 bridgehead atoms. The van der Waals surface area contributed by atoms with Crippen LogP contribution in [0.4, 0.5) is 0 Å². The average molecular weight is 269 g/mol. The number of rotatable bonds is 6. The first-order valence-corrected chi connectivity index (χ1v) is 6.50. The van der Waals surface area contributed by atoms with Crippen molar-refractivity contribution in [3.05, 3.63) is 29.0 Å². The van der Waals surface area contributed by atoms with Crippen LogP contribution in [-0.2, 0) is 13.0 Å². The predicted octanol–water partition coefficient (Wildman–Crippen LogP) is 2.00. The zero-order valence-corrected chi connectivity index (χ0v) is 10.9. The van der Waals surface area contributed by atoms with Crippen LogP contribution < -0.4 is 0 Å². The molecule has 18 heavy (non-hydrogen) atoms. The summed E-state index contributed by atoms with van der Waals surface area (Å²) in [6.07, 6.45) is 2.11. The molecule has 1 heterocycles. The van der Waals surface area contributed by atoms with Crippen molar-refractivity contribution in [1.82, 2.24) is 9.55 Å². The highest BCUT2D eigenvalue weighted by molar-refractivity contribution is 6.31. The SMILES string of the molecule is OCCCc1nc2ccc(Cl)cc2n1CCCO. The molecule has 0 aliphatic carbocycles. The average Bonchev–Trinajstić information content (AvgIpc) is 2.71. The van der Waals surface area contributed by atoms with E-state index in [2.05, 4.69) is 9.55 Å². The van der Waals surface area contributed by atoms with E-state index in [1.54, 1.807) is 0 Å². The Morgan fingerprint density at radius 3 is 2.67 bits per heavy atom. The van der Waals surface area contributed by atoms with Crippen molar-refractivity contribution in [3.63, 3.8) is 0 Å². The van der Waals surface area contributed by atoms with Gasteiger partial charge in [-0.15, -0.1) is 0 Å². The molecule has 0 fully saturated rings. The molecule has 98 valence electrons. The number of nitrogens with zero attached hydrogens (tertiary/aromatic N) is 2. The first-order valence-electron chi connectivity index (χ1n) is 6.12. The Balaban J connectivity index is 2.40. The van der Waals surface area contributed by atoms with Gasteiger partial charge in [0.05, 0.1) is 11.0 Å². The van der Waals surface area contributed by atoms with E-state index in [-0.39, 0.29) is 13.2 Å². The van der Waals surface area contributed by atoms with Gasteiger partial charge in [-0.05, 0) is 31.0 Å². The highest BCUT2D eigenvalue weighted by Crippen LogP contribution is 2.21. The fourth-order valence-corrected chi connectivity index (χ4v) is 2.22. The van der Waals surface area contributed by atoms with Crippen molar-refractivity contribution in [2.75, 3.05) is 13.2 Å². The molecular weight excluding hydrogens is 252 g/mol. The number of aryl methyl sites for hydroxylation is 2. The van der Waals surface area contributed by atoms with Crippen molar-refractivity contribution < 1.29 is 10.2 Å². The molecule has 0 radical (unpaired) electrons. The molecule has 0 saturated heterocycles. The molecule has 4 nitrogen and oxygen atoms in total. The monoisotopic (exact) mass is 268 g/mol. The van der Waals surface area contributed by atoms with Crippen molar-refractivity contribution in [2.24, 2.45) is 0 Å². The summed E-state index contributed by atoms with van der Waals surface area (Å²) in [7, 11) is 0. The van der Waals surface area contributed by atoms with E-state index in [0.29, 0.717) is 24.4 Å². The van der Waals surface area contributed by atoms with Crippen molar-refractivity contribution in [1.29, 1.82) is 0 Å². The summed E-state index contributed by atoms with van der Waals surface area (Å²) in [4.78, 5) is 4.56. The van der Waals surface area contributed by atoms with E-state index in [1.165, 1.54) is 0 Å². The minimum absolute atomic E-state index is 0.152. The summed E-state index contributed by atoms with van der Waals surface area (Å²) in [6, 6.07) is 5.61. The van der Waals surface area contributed by atoms with Crippen LogP contribution in [0.2, 0.25) is 5.02 Å². The molecule has 2 N–H and O–H groups in total. The minimum atomic E-state index is 0.152. The van der Waals surface area contributed by atoms with Crippen LogP contribution in [0, 0.1) is 0 Å². The van der Waals surface area contributed by atoms with Gasteiger partial charge in [0.2, 0.25) is 0 Å². The lowest BCUT2D eigenvalue weighted by atomic mass is 10.3. The first-order chi connectivity index (χ1) is 8.76. The highest BCUT2D eigenvalue weighted by Gasteiger charge is 2.10. The Morgan fingerprint density at radius 2 is 1.94 bits per heavy atom. The summed E-state index contributed by atoms with van der Waals surface area (Å²) < 4.78 is 2.08. The van der Waals surface area contributed by atoms with Crippen molar-refractivity contribution >= 4 is 22.6 Å². The van der Waals surface area contributed by atoms with Gasteiger partial charge < -0.3 is 14.8 Å². The summed E-state index contributed by atoms with van der Waals surface area (Å²) >= 11 is 6.01. The van der Waals surface area contributed by atoms with Gasteiger partial charge >= 0.3 is 0 Å². The Hall–Kier alpha value is -1.10. The summed E-state index contributed by atoms with van der Waals surface area (Å²) in [5, 5.41) is 18.6. The number of benzene rings is 1. The Morgan fingerprint density at radius 1 is 1.17 bits per heavy atom.